The second-order valence-corrected chi connectivity index (χ2v) is 9.16. The number of aliphatic carboxylic acids is 2. The molecule has 3 amide bonds. The van der Waals surface area contributed by atoms with E-state index in [1.54, 1.807) is 60.8 Å². The zero-order valence-corrected chi connectivity index (χ0v) is 21.4. The molecule has 40 heavy (non-hydrogen) atoms. The van der Waals surface area contributed by atoms with E-state index in [1.807, 2.05) is 0 Å². The van der Waals surface area contributed by atoms with Crippen molar-refractivity contribution in [3.8, 4) is 0 Å². The highest BCUT2D eigenvalue weighted by atomic mass is 16.4. The van der Waals surface area contributed by atoms with E-state index < -0.39 is 66.9 Å². The summed E-state index contributed by atoms with van der Waals surface area (Å²) in [6, 6.07) is 10.3. The fourth-order valence-corrected chi connectivity index (χ4v) is 4.08. The van der Waals surface area contributed by atoms with E-state index >= 15 is 0 Å². The second-order valence-electron chi connectivity index (χ2n) is 9.16. The van der Waals surface area contributed by atoms with E-state index in [9.17, 15) is 39.3 Å². The predicted octanol–water partition coefficient (Wildman–Crippen LogP) is -0.714. The molecule has 0 spiro atoms. The first-order valence-corrected chi connectivity index (χ1v) is 12.4. The number of hydrogen-bond donors (Lipinski definition) is 8. The number of H-pyrrole nitrogens is 1. The zero-order chi connectivity index (χ0) is 29.2. The van der Waals surface area contributed by atoms with Gasteiger partial charge in [-0.05, 0) is 23.6 Å². The van der Waals surface area contributed by atoms with Crippen LogP contribution in [0, 0.1) is 0 Å². The Morgan fingerprint density at radius 3 is 2.02 bits per heavy atom. The van der Waals surface area contributed by atoms with Crippen molar-refractivity contribution in [3.63, 3.8) is 0 Å². The molecule has 3 rings (SSSR count). The summed E-state index contributed by atoms with van der Waals surface area (Å²) < 4.78 is 0. The summed E-state index contributed by atoms with van der Waals surface area (Å²) in [6.07, 6.45) is 0.848. The van der Waals surface area contributed by atoms with E-state index in [0.29, 0.717) is 5.56 Å². The monoisotopic (exact) mass is 553 g/mol. The number of nitrogens with two attached hydrogens (primary N) is 1. The van der Waals surface area contributed by atoms with Gasteiger partial charge in [0.2, 0.25) is 17.7 Å². The number of nitrogens with one attached hydrogen (secondary N) is 4. The van der Waals surface area contributed by atoms with Gasteiger partial charge in [-0.15, -0.1) is 0 Å². The van der Waals surface area contributed by atoms with Crippen LogP contribution in [0.4, 0.5) is 0 Å². The quantitative estimate of drug-likeness (QED) is 0.126. The summed E-state index contributed by atoms with van der Waals surface area (Å²) in [7, 11) is 0. The van der Waals surface area contributed by atoms with Crippen molar-refractivity contribution >= 4 is 40.6 Å². The lowest BCUT2D eigenvalue weighted by Gasteiger charge is -2.24. The number of rotatable bonds is 14. The van der Waals surface area contributed by atoms with Crippen molar-refractivity contribution in [2.45, 2.75) is 43.4 Å². The van der Waals surface area contributed by atoms with Crippen LogP contribution in [0.5, 0.6) is 0 Å². The molecule has 0 fully saturated rings. The average Bonchev–Trinajstić information content (AvgIpc) is 3.33. The molecule has 4 unspecified atom stereocenters. The van der Waals surface area contributed by atoms with Crippen molar-refractivity contribution in [1.82, 2.24) is 20.9 Å². The fraction of sp³-hybridized carbons (Fsp3) is 0.296. The highest BCUT2D eigenvalue weighted by Crippen LogP contribution is 2.19. The number of aliphatic hydroxyl groups excluding tert-OH is 1. The molecule has 0 radical (unpaired) electrons. The Morgan fingerprint density at radius 1 is 0.775 bits per heavy atom. The molecule has 0 bridgehead atoms. The van der Waals surface area contributed by atoms with Crippen LogP contribution in [0.25, 0.3) is 10.9 Å². The van der Waals surface area contributed by atoms with Crippen LogP contribution in [-0.2, 0) is 36.8 Å². The van der Waals surface area contributed by atoms with Crippen LogP contribution in [0.15, 0.2) is 60.8 Å². The first kappa shape index (κ1) is 29.8. The largest absolute Gasteiger partial charge is 0.481 e. The lowest BCUT2D eigenvalue weighted by Crippen LogP contribution is -2.58. The number of aromatic nitrogens is 1. The standard InChI is InChI=1S/C27H31N5O8/c28-18(10-15-6-2-1-3-7-15)24(36)30-21(12-23(34)35)26(38)31-20(25(37)32-22(14-33)27(39)40)11-16-13-29-19-9-5-4-8-17(16)19/h1-9,13,18,20-22,29,33H,10-12,14,28H2,(H,30,36)(H,31,38)(H,32,37)(H,34,35)(H,39,40). The second kappa shape index (κ2) is 13.9. The van der Waals surface area contributed by atoms with Crippen LogP contribution in [0.3, 0.4) is 0 Å². The van der Waals surface area contributed by atoms with Crippen LogP contribution < -0.4 is 21.7 Å². The van der Waals surface area contributed by atoms with Gasteiger partial charge in [0.25, 0.3) is 0 Å². The molecule has 212 valence electrons. The SMILES string of the molecule is NC(Cc1ccccc1)C(=O)NC(CC(=O)O)C(=O)NC(Cc1c[nH]c2ccccc12)C(=O)NC(CO)C(=O)O. The molecule has 1 heterocycles. The first-order chi connectivity index (χ1) is 19.1. The number of amides is 3. The zero-order valence-electron chi connectivity index (χ0n) is 21.4. The summed E-state index contributed by atoms with van der Waals surface area (Å²) in [5, 5.41) is 35.6. The average molecular weight is 554 g/mol. The number of hydrogen-bond acceptors (Lipinski definition) is 7. The Labute approximate surface area is 228 Å². The van der Waals surface area contributed by atoms with Crippen molar-refractivity contribution in [1.29, 1.82) is 0 Å². The molecule has 3 aromatic rings. The molecule has 0 saturated carbocycles. The molecule has 13 heteroatoms. The maximum Gasteiger partial charge on any atom is 0.328 e. The molecule has 9 N–H and O–H groups in total. The van der Waals surface area contributed by atoms with Crippen LogP contribution in [0.2, 0.25) is 0 Å². The smallest absolute Gasteiger partial charge is 0.328 e. The Hall–Kier alpha value is -4.75. The number of carbonyl (C=O) groups excluding carboxylic acids is 3. The number of carbonyl (C=O) groups is 5. The van der Waals surface area contributed by atoms with Crippen LogP contribution in [-0.4, -0.2) is 80.7 Å². The first-order valence-electron chi connectivity index (χ1n) is 12.4. The third-order valence-electron chi connectivity index (χ3n) is 6.18. The molecule has 0 aliphatic heterocycles. The predicted molar refractivity (Wildman–Crippen MR) is 143 cm³/mol. The topological polar surface area (TPSA) is 224 Å². The lowest BCUT2D eigenvalue weighted by atomic mass is 10.0. The third-order valence-corrected chi connectivity index (χ3v) is 6.18. The van der Waals surface area contributed by atoms with Crippen molar-refractivity contribution in [2.24, 2.45) is 5.73 Å². The van der Waals surface area contributed by atoms with Crippen LogP contribution >= 0.6 is 0 Å². The minimum Gasteiger partial charge on any atom is -0.481 e. The Bertz CT molecular complexity index is 1360. The summed E-state index contributed by atoms with van der Waals surface area (Å²) >= 11 is 0. The van der Waals surface area contributed by atoms with Gasteiger partial charge in [-0.25, -0.2) is 4.79 Å². The van der Waals surface area contributed by atoms with Gasteiger partial charge in [-0.2, -0.15) is 0 Å². The molecule has 0 saturated heterocycles. The molecular weight excluding hydrogens is 522 g/mol. The molecule has 1 aromatic heterocycles. The Morgan fingerprint density at radius 2 is 1.38 bits per heavy atom. The van der Waals surface area contributed by atoms with E-state index in [1.165, 1.54) is 0 Å². The van der Waals surface area contributed by atoms with Crippen molar-refractivity contribution in [2.75, 3.05) is 6.61 Å². The molecule has 4 atom stereocenters. The summed E-state index contributed by atoms with van der Waals surface area (Å²) in [5.41, 5.74) is 8.10. The van der Waals surface area contributed by atoms with Crippen LogP contribution in [0.1, 0.15) is 17.5 Å². The van der Waals surface area contributed by atoms with Gasteiger partial charge in [-0.3, -0.25) is 19.2 Å². The Balaban J connectivity index is 1.80. The number of aliphatic hydroxyl groups is 1. The van der Waals surface area contributed by atoms with Crippen molar-refractivity contribution < 1.29 is 39.3 Å². The highest BCUT2D eigenvalue weighted by molar-refractivity contribution is 5.96. The van der Waals surface area contributed by atoms with Gasteiger partial charge in [0.15, 0.2) is 0 Å². The molecule has 0 aliphatic rings. The number of carboxylic acids is 2. The third kappa shape index (κ3) is 8.12. The van der Waals surface area contributed by atoms with Gasteiger partial charge >= 0.3 is 11.9 Å². The fourth-order valence-electron chi connectivity index (χ4n) is 4.08. The highest BCUT2D eigenvalue weighted by Gasteiger charge is 2.32. The number of carboxylic acid groups (broad SMARTS) is 2. The van der Waals surface area contributed by atoms with E-state index in [4.69, 9.17) is 5.73 Å². The van der Waals surface area contributed by atoms with Gasteiger partial charge in [0.1, 0.15) is 18.1 Å². The van der Waals surface area contributed by atoms with E-state index in [2.05, 4.69) is 20.9 Å². The number of aromatic amines is 1. The number of benzene rings is 2. The minimum absolute atomic E-state index is 0.111. The molecule has 13 nitrogen and oxygen atoms in total. The van der Waals surface area contributed by atoms with Crippen molar-refractivity contribution in [3.05, 3.63) is 71.9 Å². The maximum absolute atomic E-state index is 13.2. The number of fused-ring (bicyclic) bond motifs is 1. The van der Waals surface area contributed by atoms with Gasteiger partial charge in [0, 0.05) is 23.5 Å². The van der Waals surface area contributed by atoms with Gasteiger partial charge < -0.3 is 42.0 Å². The van der Waals surface area contributed by atoms with Gasteiger partial charge in [0.05, 0.1) is 19.1 Å². The molecule has 2 aromatic carbocycles. The summed E-state index contributed by atoms with van der Waals surface area (Å²) in [5.74, 6) is -5.56. The Kier molecular flexibility index (Phi) is 10.3. The van der Waals surface area contributed by atoms with E-state index in [0.717, 1.165) is 16.5 Å². The summed E-state index contributed by atoms with van der Waals surface area (Å²) in [6.45, 7) is -0.897. The molecular formula is C27H31N5O8. The lowest BCUT2D eigenvalue weighted by molar-refractivity contribution is -0.144. The summed E-state index contributed by atoms with van der Waals surface area (Å²) in [4.78, 5) is 64.9. The minimum atomic E-state index is -1.64. The van der Waals surface area contributed by atoms with E-state index in [-0.39, 0.29) is 12.8 Å². The normalized spacial score (nSPS) is 13.9. The number of para-hydroxylation sites is 1. The van der Waals surface area contributed by atoms with Gasteiger partial charge in [-0.1, -0.05) is 48.5 Å². The molecule has 0 aliphatic carbocycles. The maximum atomic E-state index is 13.2.